The van der Waals surface area contributed by atoms with E-state index in [9.17, 15) is 18.7 Å². The topological polar surface area (TPSA) is 90.9 Å². The van der Waals surface area contributed by atoms with Gasteiger partial charge in [0.1, 0.15) is 5.75 Å². The molecule has 1 heterocycles. The van der Waals surface area contributed by atoms with Crippen molar-refractivity contribution in [2.75, 3.05) is 13.4 Å². The fraction of sp³-hybridized carbons (Fsp3) is 0.600. The summed E-state index contributed by atoms with van der Waals surface area (Å²) in [6.07, 6.45) is 2.14. The largest absolute Gasteiger partial charge is 1.00 e. The maximum absolute atomic E-state index is 14.3. The van der Waals surface area contributed by atoms with Crippen molar-refractivity contribution in [3.8, 4) is 11.5 Å². The molecule has 0 saturated heterocycles. The van der Waals surface area contributed by atoms with Gasteiger partial charge < -0.3 is 28.3 Å². The van der Waals surface area contributed by atoms with Crippen molar-refractivity contribution in [1.29, 1.82) is 0 Å². The first kappa shape index (κ1) is 23.9. The Balaban J connectivity index is 0.00000156. The zero-order chi connectivity index (χ0) is 16.8. The van der Waals surface area contributed by atoms with Gasteiger partial charge in [0.15, 0.2) is 18.4 Å². The summed E-state index contributed by atoms with van der Waals surface area (Å²) in [5, 5.41) is 0. The number of rotatable bonds is 6. The molecule has 1 saturated carbocycles. The molecule has 25 heavy (non-hydrogen) atoms. The molecule has 1 aliphatic heterocycles. The minimum absolute atomic E-state index is 0. The Labute approximate surface area is 190 Å². The molecule has 0 amide bonds. The fourth-order valence-corrected chi connectivity index (χ4v) is 3.22. The molecule has 0 bridgehead atoms. The summed E-state index contributed by atoms with van der Waals surface area (Å²) >= 11 is 0. The van der Waals surface area contributed by atoms with Crippen molar-refractivity contribution in [3.63, 3.8) is 0 Å². The van der Waals surface area contributed by atoms with E-state index in [1.165, 1.54) is 6.07 Å². The van der Waals surface area contributed by atoms with Crippen LogP contribution in [-0.4, -0.2) is 13.4 Å². The van der Waals surface area contributed by atoms with E-state index < -0.39 is 20.4 Å². The maximum atomic E-state index is 14.3. The first-order valence-electron chi connectivity index (χ1n) is 7.56. The predicted octanol–water partition coefficient (Wildman–Crippen LogP) is -3.98. The third-order valence-corrected chi connectivity index (χ3v) is 4.88. The summed E-state index contributed by atoms with van der Waals surface area (Å²) in [4.78, 5) is 21.2. The monoisotopic (exact) mass is 390 g/mol. The van der Waals surface area contributed by atoms with Crippen LogP contribution in [0.2, 0.25) is 0 Å². The second-order valence-corrected chi connectivity index (χ2v) is 7.35. The Morgan fingerprint density at radius 3 is 2.60 bits per heavy atom. The second-order valence-electron chi connectivity index (χ2n) is 6.20. The number of benzene rings is 1. The second kappa shape index (κ2) is 9.37. The number of phosphoric acid groups is 1. The molecule has 2 aliphatic rings. The van der Waals surface area contributed by atoms with Crippen molar-refractivity contribution in [3.05, 3.63) is 23.0 Å². The van der Waals surface area contributed by atoms with Crippen LogP contribution in [0, 0.1) is 11.7 Å². The summed E-state index contributed by atoms with van der Waals surface area (Å²) in [6.45, 7) is 3.46. The van der Waals surface area contributed by atoms with E-state index in [-0.39, 0.29) is 76.7 Å². The molecule has 0 unspecified atom stereocenters. The third kappa shape index (κ3) is 5.67. The van der Waals surface area contributed by atoms with E-state index in [1.54, 1.807) is 0 Å². The molecule has 0 N–H and O–H groups in total. The van der Waals surface area contributed by atoms with Crippen LogP contribution in [0.25, 0.3) is 0 Å². The number of fused-ring (bicyclic) bond motifs is 1. The van der Waals surface area contributed by atoms with Gasteiger partial charge in [-0.05, 0) is 30.7 Å². The molecule has 3 rings (SSSR count). The molecule has 1 aromatic rings. The summed E-state index contributed by atoms with van der Waals surface area (Å²) in [7, 11) is -5.12. The molecule has 0 aromatic heterocycles. The van der Waals surface area contributed by atoms with E-state index in [2.05, 4.69) is 4.52 Å². The summed E-state index contributed by atoms with van der Waals surface area (Å²) in [5.74, 6) is 0.499. The van der Waals surface area contributed by atoms with Gasteiger partial charge in [-0.1, -0.05) is 13.8 Å². The molecule has 1 aromatic carbocycles. The van der Waals surface area contributed by atoms with Crippen molar-refractivity contribution in [1.82, 2.24) is 0 Å². The zero-order valence-electron chi connectivity index (χ0n) is 14.9. The van der Waals surface area contributed by atoms with E-state index in [0.717, 1.165) is 12.8 Å². The van der Waals surface area contributed by atoms with Crippen LogP contribution in [-0.2, 0) is 9.09 Å². The smallest absolute Gasteiger partial charge is 0.790 e. The first-order chi connectivity index (χ1) is 10.8. The van der Waals surface area contributed by atoms with Crippen molar-refractivity contribution < 1.29 is 91.9 Å². The molecule has 0 spiro atoms. The van der Waals surface area contributed by atoms with E-state index in [0.29, 0.717) is 29.4 Å². The molecule has 128 valence electrons. The van der Waals surface area contributed by atoms with Crippen molar-refractivity contribution >= 4 is 7.82 Å². The van der Waals surface area contributed by atoms with Crippen LogP contribution in [0.4, 0.5) is 4.39 Å². The summed E-state index contributed by atoms with van der Waals surface area (Å²) in [6, 6.07) is 1.38. The Kier molecular flexibility index (Phi) is 8.96. The van der Waals surface area contributed by atoms with Gasteiger partial charge in [0.2, 0.25) is 0 Å². The number of hydrogen-bond donors (Lipinski definition) is 0. The summed E-state index contributed by atoms with van der Waals surface area (Å²) in [5.41, 5.74) is 1.24. The van der Waals surface area contributed by atoms with Gasteiger partial charge in [-0.25, -0.2) is 4.39 Å². The van der Waals surface area contributed by atoms with E-state index in [1.807, 2.05) is 13.8 Å². The summed E-state index contributed by atoms with van der Waals surface area (Å²) < 4.78 is 39.9. The molecule has 0 radical (unpaired) electrons. The van der Waals surface area contributed by atoms with Gasteiger partial charge in [0.05, 0.1) is 14.4 Å². The predicted molar refractivity (Wildman–Crippen MR) is 75.6 cm³/mol. The molecule has 6 nitrogen and oxygen atoms in total. The van der Waals surface area contributed by atoms with Crippen LogP contribution < -0.4 is 78.4 Å². The standard InChI is InChI=1S/C15H20FO6P.2Na/c1-8-6-20-15-12(16)5-11(9(2)10-3-4-10)14(13(8)15)21-7-22-23(17,18)19;;/h5,8-10H,3-4,6-7H2,1-2H3,(H2,17,18,19);;/q;2*+1/p-2/t8-,9-;;/m0../s1. The first-order valence-corrected chi connectivity index (χ1v) is 9.02. The minimum Gasteiger partial charge on any atom is -0.790 e. The average molecular weight is 390 g/mol. The van der Waals surface area contributed by atoms with Crippen molar-refractivity contribution in [2.45, 2.75) is 38.5 Å². The Morgan fingerprint density at radius 1 is 1.40 bits per heavy atom. The van der Waals surface area contributed by atoms with Gasteiger partial charge in [-0.2, -0.15) is 0 Å². The Hall–Kier alpha value is 0.860. The number of hydrogen-bond acceptors (Lipinski definition) is 6. The van der Waals surface area contributed by atoms with E-state index in [4.69, 9.17) is 9.47 Å². The van der Waals surface area contributed by atoms with Crippen LogP contribution >= 0.6 is 7.82 Å². The molecule has 10 heteroatoms. The maximum Gasteiger partial charge on any atom is 1.00 e. The SMILES string of the molecule is C[C@H](c1cc(F)c2c(c1OCOP(=O)([O-])[O-])[C@@H](C)CO2)C1CC1.[Na+].[Na+]. The van der Waals surface area contributed by atoms with Gasteiger partial charge in [0.25, 0.3) is 0 Å². The Morgan fingerprint density at radius 2 is 2.04 bits per heavy atom. The third-order valence-electron chi connectivity index (χ3n) is 4.45. The minimum atomic E-state index is -5.12. The molecule has 1 aliphatic carbocycles. The van der Waals surface area contributed by atoms with Gasteiger partial charge >= 0.3 is 59.1 Å². The van der Waals surface area contributed by atoms with Gasteiger partial charge in [0, 0.05) is 17.0 Å². The molecule has 2 atom stereocenters. The van der Waals surface area contributed by atoms with Crippen LogP contribution in [0.3, 0.4) is 0 Å². The normalized spacial score (nSPS) is 20.0. The number of halogens is 1. The van der Waals surface area contributed by atoms with Gasteiger partial charge in [-0.3, -0.25) is 0 Å². The number of phosphoric ester groups is 1. The van der Waals surface area contributed by atoms with Crippen LogP contribution in [0.1, 0.15) is 49.7 Å². The van der Waals surface area contributed by atoms with E-state index >= 15 is 0 Å². The zero-order valence-corrected chi connectivity index (χ0v) is 19.8. The quantitative estimate of drug-likeness (QED) is 0.280. The Bertz CT molecular complexity index is 664. The molecular formula is C15H18FNa2O6P. The molecular weight excluding hydrogens is 372 g/mol. The van der Waals surface area contributed by atoms with Crippen molar-refractivity contribution in [2.24, 2.45) is 5.92 Å². The van der Waals surface area contributed by atoms with Crippen LogP contribution in [0.5, 0.6) is 11.5 Å². The molecule has 1 fully saturated rings. The van der Waals surface area contributed by atoms with Crippen LogP contribution in [0.15, 0.2) is 6.07 Å². The average Bonchev–Trinajstić information content (AvgIpc) is 3.23. The van der Waals surface area contributed by atoms with Gasteiger partial charge in [-0.15, -0.1) is 0 Å². The number of ether oxygens (including phenoxy) is 2. The fourth-order valence-electron chi connectivity index (χ4n) is 3.04.